The average molecular weight is 428 g/mol. The second-order valence-electron chi connectivity index (χ2n) is 7.50. The molecule has 0 bridgehead atoms. The smallest absolute Gasteiger partial charge is 0.243 e. The first-order valence-corrected chi connectivity index (χ1v) is 12.0. The standard InChI is InChI=1S/C21H21N3O3S2/c1-14(25)23-12-10-15-13-16(8-9-18(15)23)29(26,27)24-11-4-6-19(24)21-22-17-5-2-3-7-20(17)28-21/h2-3,5,7-9,13,19H,4,6,10-12H2,1H3. The van der Waals surface area contributed by atoms with Gasteiger partial charge >= 0.3 is 0 Å². The number of nitrogens with zero attached hydrogens (tertiary/aromatic N) is 3. The minimum atomic E-state index is -3.64. The van der Waals surface area contributed by atoms with Crippen molar-refractivity contribution in [2.45, 2.75) is 37.1 Å². The van der Waals surface area contributed by atoms with Crippen molar-refractivity contribution in [1.29, 1.82) is 0 Å². The van der Waals surface area contributed by atoms with Gasteiger partial charge in [0.25, 0.3) is 0 Å². The lowest BCUT2D eigenvalue weighted by molar-refractivity contribution is -0.116. The Labute approximate surface area is 173 Å². The van der Waals surface area contributed by atoms with Gasteiger partial charge in [-0.2, -0.15) is 4.31 Å². The Morgan fingerprint density at radius 3 is 2.79 bits per heavy atom. The van der Waals surface area contributed by atoms with E-state index in [2.05, 4.69) is 0 Å². The fourth-order valence-corrected chi connectivity index (χ4v) is 7.20. The monoisotopic (exact) mass is 427 g/mol. The fourth-order valence-electron chi connectivity index (χ4n) is 4.31. The van der Waals surface area contributed by atoms with E-state index in [1.807, 2.05) is 24.3 Å². The number of hydrogen-bond donors (Lipinski definition) is 0. The van der Waals surface area contributed by atoms with Crippen LogP contribution in [0, 0.1) is 0 Å². The number of hydrogen-bond acceptors (Lipinski definition) is 5. The van der Waals surface area contributed by atoms with Crippen LogP contribution in [0.5, 0.6) is 0 Å². The maximum absolute atomic E-state index is 13.5. The van der Waals surface area contributed by atoms with E-state index in [0.29, 0.717) is 24.4 Å². The van der Waals surface area contributed by atoms with Crippen LogP contribution in [0.4, 0.5) is 5.69 Å². The molecule has 3 heterocycles. The van der Waals surface area contributed by atoms with E-state index in [0.717, 1.165) is 39.3 Å². The van der Waals surface area contributed by atoms with Gasteiger partial charge in [-0.3, -0.25) is 4.79 Å². The zero-order chi connectivity index (χ0) is 20.2. The van der Waals surface area contributed by atoms with E-state index in [4.69, 9.17) is 4.98 Å². The third-order valence-corrected chi connectivity index (χ3v) is 8.77. The topological polar surface area (TPSA) is 70.6 Å². The normalized spacial score (nSPS) is 19.8. The maximum Gasteiger partial charge on any atom is 0.243 e. The molecule has 1 saturated heterocycles. The summed E-state index contributed by atoms with van der Waals surface area (Å²) in [6.07, 6.45) is 2.28. The molecule has 1 atom stereocenters. The van der Waals surface area contributed by atoms with Crippen molar-refractivity contribution >= 4 is 43.2 Å². The van der Waals surface area contributed by atoms with Gasteiger partial charge in [0.1, 0.15) is 5.01 Å². The highest BCUT2D eigenvalue weighted by Crippen LogP contribution is 2.40. The number of aromatic nitrogens is 1. The van der Waals surface area contributed by atoms with E-state index < -0.39 is 10.0 Å². The van der Waals surface area contributed by atoms with E-state index in [9.17, 15) is 13.2 Å². The summed E-state index contributed by atoms with van der Waals surface area (Å²) in [5.74, 6) is -0.0187. The number of carbonyl (C=O) groups is 1. The van der Waals surface area contributed by atoms with Crippen LogP contribution in [-0.4, -0.2) is 36.7 Å². The summed E-state index contributed by atoms with van der Waals surface area (Å²) in [5.41, 5.74) is 2.65. The highest BCUT2D eigenvalue weighted by molar-refractivity contribution is 7.89. The van der Waals surface area contributed by atoms with Gasteiger partial charge in [0.05, 0.1) is 21.2 Å². The number of sulfonamides is 1. The maximum atomic E-state index is 13.5. The van der Waals surface area contributed by atoms with Gasteiger partial charge in [-0.15, -0.1) is 11.3 Å². The van der Waals surface area contributed by atoms with Crippen LogP contribution in [-0.2, 0) is 21.2 Å². The number of anilines is 1. The van der Waals surface area contributed by atoms with Crippen LogP contribution in [0.2, 0.25) is 0 Å². The average Bonchev–Trinajstić information content (AvgIpc) is 3.43. The fraction of sp³-hybridized carbons (Fsp3) is 0.333. The molecule has 0 aliphatic carbocycles. The molecule has 2 aliphatic rings. The van der Waals surface area contributed by atoms with Crippen molar-refractivity contribution in [3.63, 3.8) is 0 Å². The number of rotatable bonds is 3. The zero-order valence-electron chi connectivity index (χ0n) is 16.0. The van der Waals surface area contributed by atoms with E-state index in [1.165, 1.54) is 6.92 Å². The Morgan fingerprint density at radius 1 is 1.17 bits per heavy atom. The molecule has 1 unspecified atom stereocenters. The Kier molecular flexibility index (Phi) is 4.45. The van der Waals surface area contributed by atoms with Crippen molar-refractivity contribution in [1.82, 2.24) is 9.29 Å². The summed E-state index contributed by atoms with van der Waals surface area (Å²) < 4.78 is 29.6. The lowest BCUT2D eigenvalue weighted by Gasteiger charge is -2.23. The first kappa shape index (κ1) is 18.7. The van der Waals surface area contributed by atoms with Gasteiger partial charge in [0.15, 0.2) is 0 Å². The molecule has 8 heteroatoms. The summed E-state index contributed by atoms with van der Waals surface area (Å²) in [7, 11) is -3.64. The molecule has 0 saturated carbocycles. The molecule has 1 aromatic heterocycles. The van der Waals surface area contributed by atoms with E-state index >= 15 is 0 Å². The van der Waals surface area contributed by atoms with Crippen LogP contribution in [0.1, 0.15) is 36.4 Å². The lowest BCUT2D eigenvalue weighted by Crippen LogP contribution is -2.30. The Bertz CT molecular complexity index is 1190. The first-order valence-electron chi connectivity index (χ1n) is 9.73. The van der Waals surface area contributed by atoms with Crippen molar-refractivity contribution < 1.29 is 13.2 Å². The Hall–Kier alpha value is -2.29. The molecule has 3 aromatic rings. The number of thiazole rings is 1. The minimum Gasteiger partial charge on any atom is -0.312 e. The van der Waals surface area contributed by atoms with Crippen LogP contribution in [0.3, 0.4) is 0 Å². The zero-order valence-corrected chi connectivity index (χ0v) is 17.7. The van der Waals surface area contributed by atoms with E-state index in [1.54, 1.807) is 38.7 Å². The summed E-state index contributed by atoms with van der Waals surface area (Å²) >= 11 is 1.57. The summed E-state index contributed by atoms with van der Waals surface area (Å²) in [4.78, 5) is 18.5. The van der Waals surface area contributed by atoms with Gasteiger partial charge < -0.3 is 4.90 Å². The van der Waals surface area contributed by atoms with Crippen molar-refractivity contribution in [3.05, 3.63) is 53.0 Å². The largest absolute Gasteiger partial charge is 0.312 e. The number of carbonyl (C=O) groups excluding carboxylic acids is 1. The van der Waals surface area contributed by atoms with Crippen LogP contribution in [0.15, 0.2) is 47.4 Å². The van der Waals surface area contributed by atoms with Crippen molar-refractivity contribution in [3.8, 4) is 0 Å². The molecular weight excluding hydrogens is 406 g/mol. The molecule has 1 amide bonds. The summed E-state index contributed by atoms with van der Waals surface area (Å²) in [5, 5.41) is 0.858. The molecule has 2 aromatic carbocycles. The molecule has 5 rings (SSSR count). The molecule has 150 valence electrons. The molecule has 6 nitrogen and oxygen atoms in total. The molecule has 0 N–H and O–H groups in total. The SMILES string of the molecule is CC(=O)N1CCc2cc(S(=O)(=O)N3CCCC3c3nc4ccccc4s3)ccc21. The lowest BCUT2D eigenvalue weighted by atomic mass is 10.2. The van der Waals surface area contributed by atoms with Gasteiger partial charge in [0, 0.05) is 25.7 Å². The van der Waals surface area contributed by atoms with Gasteiger partial charge in [0.2, 0.25) is 15.9 Å². The Morgan fingerprint density at radius 2 is 2.00 bits per heavy atom. The number of benzene rings is 2. The molecular formula is C21H21N3O3S2. The van der Waals surface area contributed by atoms with Crippen LogP contribution < -0.4 is 4.90 Å². The number of para-hydroxylation sites is 1. The van der Waals surface area contributed by atoms with Gasteiger partial charge in [-0.25, -0.2) is 13.4 Å². The van der Waals surface area contributed by atoms with Crippen LogP contribution in [0.25, 0.3) is 10.2 Å². The van der Waals surface area contributed by atoms with Crippen molar-refractivity contribution in [2.24, 2.45) is 0 Å². The first-order chi connectivity index (χ1) is 13.9. The number of fused-ring (bicyclic) bond motifs is 2. The highest BCUT2D eigenvalue weighted by Gasteiger charge is 2.38. The minimum absolute atomic E-state index is 0.0187. The number of amides is 1. The third kappa shape index (κ3) is 3.06. The van der Waals surface area contributed by atoms with Gasteiger partial charge in [-0.05, 0) is 55.2 Å². The summed E-state index contributed by atoms with van der Waals surface area (Å²) in [6, 6.07) is 12.8. The van der Waals surface area contributed by atoms with Crippen molar-refractivity contribution in [2.75, 3.05) is 18.0 Å². The molecule has 2 aliphatic heterocycles. The third-order valence-electron chi connectivity index (χ3n) is 5.73. The predicted octanol–water partition coefficient (Wildman–Crippen LogP) is 3.73. The van der Waals surface area contributed by atoms with E-state index in [-0.39, 0.29) is 11.9 Å². The van der Waals surface area contributed by atoms with Crippen LogP contribution >= 0.6 is 11.3 Å². The highest BCUT2D eigenvalue weighted by atomic mass is 32.2. The second-order valence-corrected chi connectivity index (χ2v) is 10.5. The molecule has 29 heavy (non-hydrogen) atoms. The second kappa shape index (κ2) is 6.90. The molecule has 0 radical (unpaired) electrons. The molecule has 0 spiro atoms. The quantitative estimate of drug-likeness (QED) is 0.639. The molecule has 1 fully saturated rings. The predicted molar refractivity (Wildman–Crippen MR) is 114 cm³/mol. The summed E-state index contributed by atoms with van der Waals surface area (Å²) in [6.45, 7) is 2.64. The van der Waals surface area contributed by atoms with Gasteiger partial charge in [-0.1, -0.05) is 12.1 Å². The Balaban J connectivity index is 1.50.